The van der Waals surface area contributed by atoms with Gasteiger partial charge in [0.1, 0.15) is 0 Å². The highest BCUT2D eigenvalue weighted by Crippen LogP contribution is 2.54. The lowest BCUT2D eigenvalue weighted by Gasteiger charge is -2.12. The van der Waals surface area contributed by atoms with E-state index in [1.54, 1.807) is 12.5 Å². The number of hydrogen-bond donors (Lipinski definition) is 1. The first-order chi connectivity index (χ1) is 7.83. The van der Waals surface area contributed by atoms with Gasteiger partial charge in [0.2, 0.25) is 5.91 Å². The highest BCUT2D eigenvalue weighted by molar-refractivity contribution is 5.79. The van der Waals surface area contributed by atoms with Crippen LogP contribution in [0, 0.1) is 17.8 Å². The Morgan fingerprint density at radius 2 is 2.19 bits per heavy atom. The fraction of sp³-hybridized carbons (Fsp3) is 0.667. The van der Waals surface area contributed by atoms with Crippen LogP contribution >= 0.6 is 0 Å². The largest absolute Gasteiger partial charge is 0.354 e. The second kappa shape index (κ2) is 3.92. The van der Waals surface area contributed by atoms with E-state index in [4.69, 9.17) is 0 Å². The van der Waals surface area contributed by atoms with E-state index in [0.717, 1.165) is 31.2 Å². The molecule has 1 aromatic rings. The number of rotatable bonds is 4. The van der Waals surface area contributed by atoms with Crippen molar-refractivity contribution in [2.45, 2.75) is 25.8 Å². The molecule has 0 radical (unpaired) electrons. The zero-order chi connectivity index (χ0) is 11.0. The Morgan fingerprint density at radius 3 is 2.88 bits per heavy atom. The monoisotopic (exact) mass is 219 g/mol. The molecule has 3 rings (SSSR count). The van der Waals surface area contributed by atoms with Crippen molar-refractivity contribution in [2.75, 3.05) is 6.54 Å². The molecule has 0 saturated heterocycles. The van der Waals surface area contributed by atoms with Crippen LogP contribution in [0.15, 0.2) is 18.7 Å². The predicted molar refractivity (Wildman–Crippen MR) is 59.6 cm³/mol. The van der Waals surface area contributed by atoms with E-state index in [1.807, 2.05) is 10.8 Å². The van der Waals surface area contributed by atoms with Crippen molar-refractivity contribution >= 4 is 5.91 Å². The van der Waals surface area contributed by atoms with Gasteiger partial charge < -0.3 is 9.88 Å². The molecule has 0 aliphatic heterocycles. The van der Waals surface area contributed by atoms with E-state index in [2.05, 4.69) is 10.3 Å². The van der Waals surface area contributed by atoms with Gasteiger partial charge in [-0.05, 0) is 31.1 Å². The van der Waals surface area contributed by atoms with Crippen LogP contribution in [-0.4, -0.2) is 22.0 Å². The number of nitrogens with one attached hydrogen (secondary N) is 1. The maximum atomic E-state index is 11.8. The molecule has 1 amide bonds. The summed E-state index contributed by atoms with van der Waals surface area (Å²) in [5, 5.41) is 3.02. The van der Waals surface area contributed by atoms with E-state index < -0.39 is 0 Å². The molecule has 1 N–H and O–H groups in total. The lowest BCUT2D eigenvalue weighted by atomic mass is 10.0. The minimum Gasteiger partial charge on any atom is -0.354 e. The molecule has 2 aliphatic carbocycles. The lowest BCUT2D eigenvalue weighted by Crippen LogP contribution is -2.32. The highest BCUT2D eigenvalue weighted by Gasteiger charge is 2.47. The second-order valence-corrected chi connectivity index (χ2v) is 5.02. The van der Waals surface area contributed by atoms with Crippen LogP contribution < -0.4 is 5.32 Å². The molecule has 1 aromatic heterocycles. The molecule has 2 unspecified atom stereocenters. The van der Waals surface area contributed by atoms with Gasteiger partial charge in [0.15, 0.2) is 0 Å². The number of carbonyl (C=O) groups is 1. The number of amides is 1. The number of nitrogens with zero attached hydrogens (tertiary/aromatic N) is 2. The zero-order valence-electron chi connectivity index (χ0n) is 9.30. The van der Waals surface area contributed by atoms with Gasteiger partial charge >= 0.3 is 0 Å². The quantitative estimate of drug-likeness (QED) is 0.822. The maximum Gasteiger partial charge on any atom is 0.223 e. The third-order valence-corrected chi connectivity index (χ3v) is 3.84. The summed E-state index contributed by atoms with van der Waals surface area (Å²) in [5.74, 6) is 2.31. The molecule has 2 atom stereocenters. The van der Waals surface area contributed by atoms with Crippen molar-refractivity contribution in [1.29, 1.82) is 0 Å². The van der Waals surface area contributed by atoms with Crippen molar-refractivity contribution in [3.8, 4) is 0 Å². The average molecular weight is 219 g/mol. The van der Waals surface area contributed by atoms with Crippen LogP contribution in [0.1, 0.15) is 19.3 Å². The Bertz CT molecular complexity index is 364. The zero-order valence-corrected chi connectivity index (χ0v) is 9.30. The number of imidazole rings is 1. The molecule has 0 bridgehead atoms. The summed E-state index contributed by atoms with van der Waals surface area (Å²) in [4.78, 5) is 15.8. The molecular weight excluding hydrogens is 202 g/mol. The van der Waals surface area contributed by atoms with E-state index >= 15 is 0 Å². The Balaban J connectivity index is 1.40. The summed E-state index contributed by atoms with van der Waals surface area (Å²) < 4.78 is 1.98. The molecule has 0 spiro atoms. The third-order valence-electron chi connectivity index (χ3n) is 3.84. The Morgan fingerprint density at radius 1 is 1.38 bits per heavy atom. The van der Waals surface area contributed by atoms with Crippen LogP contribution in [0.2, 0.25) is 0 Å². The fourth-order valence-corrected chi connectivity index (χ4v) is 2.80. The van der Waals surface area contributed by atoms with Gasteiger partial charge in [0.25, 0.3) is 0 Å². The molecule has 2 saturated carbocycles. The molecule has 0 aromatic carbocycles. The van der Waals surface area contributed by atoms with Crippen molar-refractivity contribution < 1.29 is 4.79 Å². The fourth-order valence-electron chi connectivity index (χ4n) is 2.80. The van der Waals surface area contributed by atoms with Crippen LogP contribution in [0.3, 0.4) is 0 Å². The van der Waals surface area contributed by atoms with E-state index in [9.17, 15) is 4.79 Å². The van der Waals surface area contributed by atoms with Crippen molar-refractivity contribution in [3.05, 3.63) is 18.7 Å². The molecule has 4 nitrogen and oxygen atoms in total. The summed E-state index contributed by atoms with van der Waals surface area (Å²) in [7, 11) is 0. The van der Waals surface area contributed by atoms with Gasteiger partial charge in [0, 0.05) is 31.4 Å². The van der Waals surface area contributed by atoms with Crippen LogP contribution in [0.5, 0.6) is 0 Å². The number of fused-ring (bicyclic) bond motifs is 1. The normalized spacial score (nSPS) is 31.1. The molecule has 86 valence electrons. The average Bonchev–Trinajstić information content (AvgIpc) is 2.72. The molecule has 16 heavy (non-hydrogen) atoms. The van der Waals surface area contributed by atoms with Crippen molar-refractivity contribution in [1.82, 2.24) is 14.9 Å². The predicted octanol–water partition coefficient (Wildman–Crippen LogP) is 1.05. The van der Waals surface area contributed by atoms with Gasteiger partial charge in [-0.3, -0.25) is 4.79 Å². The van der Waals surface area contributed by atoms with Gasteiger partial charge in [-0.25, -0.2) is 4.98 Å². The number of aromatic nitrogens is 2. The van der Waals surface area contributed by atoms with E-state index in [1.165, 1.54) is 6.42 Å². The topological polar surface area (TPSA) is 46.9 Å². The summed E-state index contributed by atoms with van der Waals surface area (Å²) in [6, 6.07) is 0. The van der Waals surface area contributed by atoms with Gasteiger partial charge in [0.05, 0.1) is 6.33 Å². The third kappa shape index (κ3) is 1.96. The van der Waals surface area contributed by atoms with Crippen LogP contribution in [-0.2, 0) is 11.3 Å². The Hall–Kier alpha value is -1.32. The first-order valence-electron chi connectivity index (χ1n) is 6.06. The van der Waals surface area contributed by atoms with E-state index in [0.29, 0.717) is 12.5 Å². The second-order valence-electron chi connectivity index (χ2n) is 5.02. The Kier molecular flexibility index (Phi) is 2.42. The summed E-state index contributed by atoms with van der Waals surface area (Å²) >= 11 is 0. The maximum absolute atomic E-state index is 11.8. The molecule has 4 heteroatoms. The standard InChI is InChI=1S/C12H17N3O/c16-12(11-6-9-5-10(9)7-11)14-2-4-15-3-1-13-8-15/h1,3,8-11H,2,4-7H2,(H,14,16). The lowest BCUT2D eigenvalue weighted by molar-refractivity contribution is -0.125. The smallest absolute Gasteiger partial charge is 0.223 e. The number of carbonyl (C=O) groups excluding carboxylic acids is 1. The molecule has 2 aliphatic rings. The Labute approximate surface area is 95.1 Å². The number of hydrogen-bond acceptors (Lipinski definition) is 2. The molecule has 2 fully saturated rings. The van der Waals surface area contributed by atoms with Gasteiger partial charge in [-0.1, -0.05) is 0 Å². The molecular formula is C12H17N3O. The minimum absolute atomic E-state index is 0.257. The first kappa shape index (κ1) is 9.87. The minimum atomic E-state index is 0.257. The van der Waals surface area contributed by atoms with Gasteiger partial charge in [-0.15, -0.1) is 0 Å². The summed E-state index contributed by atoms with van der Waals surface area (Å²) in [6.45, 7) is 1.52. The summed E-state index contributed by atoms with van der Waals surface area (Å²) in [5.41, 5.74) is 0. The first-order valence-corrected chi connectivity index (χ1v) is 6.06. The van der Waals surface area contributed by atoms with E-state index in [-0.39, 0.29) is 5.91 Å². The highest BCUT2D eigenvalue weighted by atomic mass is 16.1. The SMILES string of the molecule is O=C(NCCn1ccnc1)C1CC2CC2C1. The van der Waals surface area contributed by atoms with Gasteiger partial charge in [-0.2, -0.15) is 0 Å². The van der Waals surface area contributed by atoms with Crippen LogP contribution in [0.4, 0.5) is 0 Å². The van der Waals surface area contributed by atoms with Crippen LogP contribution in [0.25, 0.3) is 0 Å². The van der Waals surface area contributed by atoms with Crippen molar-refractivity contribution in [2.24, 2.45) is 17.8 Å². The molecule has 1 heterocycles. The summed E-state index contributed by atoms with van der Waals surface area (Å²) in [6.07, 6.45) is 9.07. The van der Waals surface area contributed by atoms with Crippen molar-refractivity contribution in [3.63, 3.8) is 0 Å².